The first kappa shape index (κ1) is 30.1. The molecule has 2 N–H and O–H groups in total. The highest BCUT2D eigenvalue weighted by Gasteiger charge is 2.35. The van der Waals surface area contributed by atoms with E-state index in [1.54, 1.807) is 6.20 Å². The van der Waals surface area contributed by atoms with Gasteiger partial charge in [0.1, 0.15) is 16.3 Å². The molecule has 0 unspecified atom stereocenters. The first-order valence-electron chi connectivity index (χ1n) is 15.7. The number of fused-ring (bicyclic) bond motifs is 2. The molecule has 1 saturated heterocycles. The largest absolute Gasteiger partial charge is 0.380 e. The van der Waals surface area contributed by atoms with E-state index in [-0.39, 0.29) is 11.3 Å². The van der Waals surface area contributed by atoms with Crippen molar-refractivity contribution in [3.05, 3.63) is 103 Å². The molecule has 236 valence electrons. The van der Waals surface area contributed by atoms with E-state index in [1.165, 1.54) is 11.3 Å². The Hall–Kier alpha value is -4.58. The number of nitrogens with zero attached hydrogens (tertiary/aromatic N) is 5. The number of para-hydroxylation sites is 1. The summed E-state index contributed by atoms with van der Waals surface area (Å²) in [6, 6.07) is 17.7. The summed E-state index contributed by atoms with van der Waals surface area (Å²) in [6.07, 6.45) is 2.53. The SMILES string of the molecule is CN(C)CCN1CCN(c2c(N3CCc4cc(NC(=O)c5sccc5NCc5ccnc6ccccc56)ccc43)c(=O)c2=O)CC1. The summed E-state index contributed by atoms with van der Waals surface area (Å²) in [7, 11) is 4.14. The zero-order valence-electron chi connectivity index (χ0n) is 26.1. The second-order valence-electron chi connectivity index (χ2n) is 12.2. The van der Waals surface area contributed by atoms with Crippen LogP contribution in [0.25, 0.3) is 10.9 Å². The predicted octanol–water partition coefficient (Wildman–Crippen LogP) is 4.13. The first-order chi connectivity index (χ1) is 22.4. The van der Waals surface area contributed by atoms with Gasteiger partial charge in [0.15, 0.2) is 0 Å². The number of anilines is 5. The molecule has 0 radical (unpaired) electrons. The Labute approximate surface area is 271 Å². The van der Waals surface area contributed by atoms with Crippen molar-refractivity contribution in [3.8, 4) is 0 Å². The molecule has 3 aromatic carbocycles. The Morgan fingerprint density at radius 3 is 2.59 bits per heavy atom. The van der Waals surface area contributed by atoms with Crippen molar-refractivity contribution in [1.29, 1.82) is 0 Å². The van der Waals surface area contributed by atoms with Gasteiger partial charge in [0.05, 0.1) is 11.2 Å². The van der Waals surface area contributed by atoms with Gasteiger partial charge in [-0.15, -0.1) is 11.3 Å². The molecule has 1 amide bonds. The Bertz CT molecular complexity index is 1970. The van der Waals surface area contributed by atoms with Gasteiger partial charge in [0, 0.05) is 75.3 Å². The molecular formula is C35H37N7O3S. The maximum absolute atomic E-state index is 13.4. The highest BCUT2D eigenvalue weighted by molar-refractivity contribution is 7.12. The second kappa shape index (κ2) is 12.7. The lowest BCUT2D eigenvalue weighted by molar-refractivity contribution is 0.103. The van der Waals surface area contributed by atoms with Crippen LogP contribution in [-0.4, -0.2) is 80.6 Å². The molecule has 0 saturated carbocycles. The maximum atomic E-state index is 13.4. The molecule has 46 heavy (non-hydrogen) atoms. The number of aromatic nitrogens is 1. The number of pyridine rings is 1. The van der Waals surface area contributed by atoms with Gasteiger partial charge in [0.25, 0.3) is 16.8 Å². The molecule has 2 aliphatic rings. The third kappa shape index (κ3) is 5.77. The monoisotopic (exact) mass is 635 g/mol. The second-order valence-corrected chi connectivity index (χ2v) is 13.1. The van der Waals surface area contributed by atoms with E-state index in [1.807, 2.05) is 58.8 Å². The van der Waals surface area contributed by atoms with Gasteiger partial charge < -0.3 is 25.3 Å². The maximum Gasteiger partial charge on any atom is 0.267 e. The van der Waals surface area contributed by atoms with Crippen molar-refractivity contribution in [1.82, 2.24) is 14.8 Å². The van der Waals surface area contributed by atoms with E-state index in [0.29, 0.717) is 35.0 Å². The van der Waals surface area contributed by atoms with Crippen LogP contribution in [0.15, 0.2) is 75.8 Å². The van der Waals surface area contributed by atoms with Crippen molar-refractivity contribution >= 4 is 56.6 Å². The third-order valence-electron chi connectivity index (χ3n) is 9.00. The third-order valence-corrected chi connectivity index (χ3v) is 9.91. The highest BCUT2D eigenvalue weighted by atomic mass is 32.1. The quantitative estimate of drug-likeness (QED) is 0.220. The van der Waals surface area contributed by atoms with Gasteiger partial charge in [-0.3, -0.25) is 24.3 Å². The number of nitrogens with one attached hydrogen (secondary N) is 2. The average molecular weight is 636 g/mol. The Morgan fingerprint density at radius 2 is 1.76 bits per heavy atom. The van der Waals surface area contributed by atoms with Crippen LogP contribution in [-0.2, 0) is 13.0 Å². The molecule has 2 aromatic heterocycles. The van der Waals surface area contributed by atoms with Crippen LogP contribution < -0.4 is 31.3 Å². The van der Waals surface area contributed by atoms with Crippen molar-refractivity contribution in [3.63, 3.8) is 0 Å². The number of carbonyl (C=O) groups excluding carboxylic acids is 1. The van der Waals surface area contributed by atoms with Crippen molar-refractivity contribution in [2.75, 3.05) is 80.3 Å². The summed E-state index contributed by atoms with van der Waals surface area (Å²) in [4.78, 5) is 52.7. The van der Waals surface area contributed by atoms with Gasteiger partial charge >= 0.3 is 0 Å². The van der Waals surface area contributed by atoms with Gasteiger partial charge in [0.2, 0.25) is 0 Å². The van der Waals surface area contributed by atoms with Gasteiger partial charge in [-0.25, -0.2) is 0 Å². The zero-order chi connectivity index (χ0) is 31.8. The van der Waals surface area contributed by atoms with Gasteiger partial charge in [-0.2, -0.15) is 0 Å². The number of hydrogen-bond donors (Lipinski definition) is 2. The van der Waals surface area contributed by atoms with E-state index in [4.69, 9.17) is 0 Å². The molecule has 7 rings (SSSR count). The van der Waals surface area contributed by atoms with E-state index in [2.05, 4.69) is 50.5 Å². The summed E-state index contributed by atoms with van der Waals surface area (Å²) < 4.78 is 0. The van der Waals surface area contributed by atoms with Crippen LogP contribution in [0.4, 0.5) is 28.4 Å². The minimum Gasteiger partial charge on any atom is -0.380 e. The highest BCUT2D eigenvalue weighted by Crippen LogP contribution is 2.39. The topological polar surface area (TPSA) is 101 Å². The number of rotatable bonds is 10. The lowest BCUT2D eigenvalue weighted by Crippen LogP contribution is -2.53. The average Bonchev–Trinajstić information content (AvgIpc) is 3.72. The van der Waals surface area contributed by atoms with Crippen molar-refractivity contribution < 1.29 is 4.79 Å². The number of hydrogen-bond acceptors (Lipinski definition) is 10. The van der Waals surface area contributed by atoms with Gasteiger partial charge in [-0.05, 0) is 73.4 Å². The molecule has 0 bridgehead atoms. The number of benzene rings is 2. The van der Waals surface area contributed by atoms with Crippen molar-refractivity contribution in [2.45, 2.75) is 13.0 Å². The van der Waals surface area contributed by atoms with Crippen LogP contribution in [0.5, 0.6) is 0 Å². The number of carbonyl (C=O) groups is 1. The Balaban J connectivity index is 1.02. The number of piperazine rings is 1. The van der Waals surface area contributed by atoms with Crippen LogP contribution in [0.3, 0.4) is 0 Å². The van der Waals surface area contributed by atoms with E-state index in [0.717, 1.165) is 79.1 Å². The molecule has 1 fully saturated rings. The molecular weight excluding hydrogens is 598 g/mol. The summed E-state index contributed by atoms with van der Waals surface area (Å²) in [5, 5.41) is 9.50. The molecule has 11 heteroatoms. The molecule has 4 heterocycles. The summed E-state index contributed by atoms with van der Waals surface area (Å²) in [5.74, 6) is -0.179. The fraction of sp³-hybridized carbons (Fsp3) is 0.314. The Morgan fingerprint density at radius 1 is 0.957 bits per heavy atom. The standard InChI is InChI=1S/C35H37N7O3S/c1-39(2)14-15-40-16-18-41(19-17-40)30-31(33(44)32(30)43)42-13-10-23-21-25(7-8-29(23)42)38-35(45)34-28(11-20-46-34)37-22-24-9-12-36-27-6-4-3-5-26(24)27/h3-9,11-12,20-21,37H,10,13-19,22H2,1-2H3,(H,38,45). The number of amides is 1. The summed E-state index contributed by atoms with van der Waals surface area (Å²) in [6.45, 7) is 6.38. The lowest BCUT2D eigenvalue weighted by Gasteiger charge is -2.38. The molecule has 2 aliphatic heterocycles. The number of thiophene rings is 1. The van der Waals surface area contributed by atoms with Crippen LogP contribution in [0.2, 0.25) is 0 Å². The minimum atomic E-state index is -0.409. The minimum absolute atomic E-state index is 0.179. The van der Waals surface area contributed by atoms with Crippen LogP contribution >= 0.6 is 11.3 Å². The molecule has 0 aliphatic carbocycles. The predicted molar refractivity (Wildman–Crippen MR) is 187 cm³/mol. The fourth-order valence-corrected chi connectivity index (χ4v) is 7.24. The first-order valence-corrected chi connectivity index (χ1v) is 16.6. The van der Waals surface area contributed by atoms with E-state index < -0.39 is 5.43 Å². The molecule has 10 nitrogen and oxygen atoms in total. The number of likely N-dealkylation sites (N-methyl/N-ethyl adjacent to an activating group) is 1. The van der Waals surface area contributed by atoms with E-state index >= 15 is 0 Å². The molecule has 0 spiro atoms. The molecule has 5 aromatic rings. The molecule has 0 atom stereocenters. The van der Waals surface area contributed by atoms with Gasteiger partial charge in [-0.1, -0.05) is 18.2 Å². The van der Waals surface area contributed by atoms with Crippen LogP contribution in [0.1, 0.15) is 20.8 Å². The fourth-order valence-electron chi connectivity index (χ4n) is 6.47. The Kier molecular flexibility index (Phi) is 8.29. The van der Waals surface area contributed by atoms with E-state index in [9.17, 15) is 14.4 Å². The van der Waals surface area contributed by atoms with Crippen LogP contribution in [0, 0.1) is 0 Å². The summed E-state index contributed by atoms with van der Waals surface area (Å²) >= 11 is 1.39. The lowest BCUT2D eigenvalue weighted by atomic mass is 10.1. The summed E-state index contributed by atoms with van der Waals surface area (Å²) in [5.41, 5.74) is 5.76. The van der Waals surface area contributed by atoms with Crippen molar-refractivity contribution in [2.24, 2.45) is 0 Å². The zero-order valence-corrected chi connectivity index (χ0v) is 26.9. The smallest absolute Gasteiger partial charge is 0.267 e. The normalized spacial score (nSPS) is 15.2.